The molecule has 0 aromatic rings. The second-order valence-electron chi connectivity index (χ2n) is 4.14. The van der Waals surface area contributed by atoms with Crippen molar-refractivity contribution in [3.63, 3.8) is 0 Å². The van der Waals surface area contributed by atoms with Gasteiger partial charge in [-0.05, 0) is 32.7 Å². The Labute approximate surface area is 94.9 Å². The van der Waals surface area contributed by atoms with E-state index in [0.29, 0.717) is 6.54 Å². The van der Waals surface area contributed by atoms with Gasteiger partial charge in [0, 0.05) is 0 Å². The second kappa shape index (κ2) is 5.69. The maximum atomic E-state index is 11.8. The molecule has 16 heavy (non-hydrogen) atoms. The Morgan fingerprint density at radius 1 is 1.50 bits per heavy atom. The lowest BCUT2D eigenvalue weighted by molar-refractivity contribution is -0.128. The van der Waals surface area contributed by atoms with Gasteiger partial charge in [0.05, 0.1) is 12.1 Å². The van der Waals surface area contributed by atoms with Crippen LogP contribution in [0.4, 0.5) is 4.79 Å². The Morgan fingerprint density at radius 3 is 2.81 bits per heavy atom. The molecule has 4 N–H and O–H groups in total. The molecule has 0 aromatic heterocycles. The minimum atomic E-state index is -0.823. The molecule has 0 spiro atoms. The fourth-order valence-electron chi connectivity index (χ4n) is 1.76. The highest BCUT2D eigenvalue weighted by atomic mass is 16.5. The van der Waals surface area contributed by atoms with Crippen molar-refractivity contribution in [3.05, 3.63) is 0 Å². The third-order valence-corrected chi connectivity index (χ3v) is 2.75. The minimum Gasteiger partial charge on any atom is -0.448 e. The Hall–Kier alpha value is -1.30. The van der Waals surface area contributed by atoms with E-state index >= 15 is 0 Å². The molecule has 0 bridgehead atoms. The summed E-state index contributed by atoms with van der Waals surface area (Å²) < 4.78 is 4.52. The number of nitrogens with two attached hydrogens (primary N) is 1. The number of amides is 2. The van der Waals surface area contributed by atoms with Crippen LogP contribution in [0.1, 0.15) is 26.2 Å². The fraction of sp³-hybridized carbons (Fsp3) is 0.800. The van der Waals surface area contributed by atoms with Gasteiger partial charge in [-0.1, -0.05) is 0 Å². The first kappa shape index (κ1) is 12.8. The Morgan fingerprint density at radius 2 is 2.25 bits per heavy atom. The normalized spacial score (nSPS) is 24.8. The quantitative estimate of drug-likeness (QED) is 0.578. The lowest BCUT2D eigenvalue weighted by atomic mass is 9.90. The van der Waals surface area contributed by atoms with Gasteiger partial charge in [0.15, 0.2) is 0 Å². The highest BCUT2D eigenvalue weighted by Gasteiger charge is 2.33. The largest absolute Gasteiger partial charge is 0.448 e. The molecule has 6 nitrogen and oxygen atoms in total. The molecule has 1 unspecified atom stereocenters. The van der Waals surface area contributed by atoms with Crippen LogP contribution < -0.4 is 16.4 Å². The molecule has 0 saturated carbocycles. The topological polar surface area (TPSA) is 93.4 Å². The number of piperidine rings is 1. The average molecular weight is 229 g/mol. The van der Waals surface area contributed by atoms with Gasteiger partial charge < -0.3 is 21.1 Å². The average Bonchev–Trinajstić information content (AvgIpc) is 2.25. The van der Waals surface area contributed by atoms with Gasteiger partial charge in [-0.25, -0.2) is 4.79 Å². The summed E-state index contributed by atoms with van der Waals surface area (Å²) in [6.45, 7) is 3.15. The molecular formula is C10H19N3O3. The molecule has 0 aliphatic carbocycles. The number of rotatable bonds is 4. The molecular weight excluding hydrogens is 210 g/mol. The van der Waals surface area contributed by atoms with Gasteiger partial charge in [0.2, 0.25) is 5.91 Å². The third-order valence-electron chi connectivity index (χ3n) is 2.75. The van der Waals surface area contributed by atoms with Crippen LogP contribution in [0.25, 0.3) is 0 Å². The SMILES string of the molecule is CC1(C(=O)NCCOC(N)=O)CCCCN1. The standard InChI is InChI=1S/C10H19N3O3/c1-10(4-2-3-5-13-10)8(14)12-6-7-16-9(11)15/h13H,2-7H2,1H3,(H2,11,15)(H,12,14). The van der Waals surface area contributed by atoms with E-state index in [1.54, 1.807) is 0 Å². The van der Waals surface area contributed by atoms with Gasteiger partial charge in [-0.2, -0.15) is 0 Å². The monoisotopic (exact) mass is 229 g/mol. The van der Waals surface area contributed by atoms with E-state index in [4.69, 9.17) is 5.73 Å². The van der Waals surface area contributed by atoms with Gasteiger partial charge in [0.1, 0.15) is 6.61 Å². The van der Waals surface area contributed by atoms with Gasteiger partial charge in [-0.3, -0.25) is 4.79 Å². The zero-order valence-electron chi connectivity index (χ0n) is 9.54. The summed E-state index contributed by atoms with van der Waals surface area (Å²) in [5.74, 6) is -0.0553. The van der Waals surface area contributed by atoms with Crippen molar-refractivity contribution in [2.75, 3.05) is 19.7 Å². The van der Waals surface area contributed by atoms with Crippen LogP contribution in [-0.2, 0) is 9.53 Å². The number of carbonyl (C=O) groups excluding carboxylic acids is 2. The van der Waals surface area contributed by atoms with E-state index in [1.807, 2.05) is 6.92 Å². The number of hydrogen-bond acceptors (Lipinski definition) is 4. The molecule has 1 fully saturated rings. The molecule has 1 saturated heterocycles. The molecule has 1 atom stereocenters. The zero-order valence-corrected chi connectivity index (χ0v) is 9.54. The molecule has 6 heteroatoms. The Balaban J connectivity index is 2.25. The van der Waals surface area contributed by atoms with Gasteiger partial charge in [-0.15, -0.1) is 0 Å². The van der Waals surface area contributed by atoms with E-state index in [0.717, 1.165) is 25.8 Å². The van der Waals surface area contributed by atoms with E-state index < -0.39 is 11.6 Å². The first-order chi connectivity index (χ1) is 7.54. The lowest BCUT2D eigenvalue weighted by Crippen LogP contribution is -2.57. The maximum Gasteiger partial charge on any atom is 0.404 e. The van der Waals surface area contributed by atoms with Crippen molar-refractivity contribution in [1.29, 1.82) is 0 Å². The van der Waals surface area contributed by atoms with Crippen LogP contribution >= 0.6 is 0 Å². The molecule has 0 radical (unpaired) electrons. The summed E-state index contributed by atoms with van der Waals surface area (Å²) in [5, 5.41) is 5.91. The highest BCUT2D eigenvalue weighted by molar-refractivity contribution is 5.85. The minimum absolute atomic E-state index is 0.0553. The van der Waals surface area contributed by atoms with Crippen LogP contribution in [0.2, 0.25) is 0 Å². The summed E-state index contributed by atoms with van der Waals surface area (Å²) in [6, 6.07) is 0. The smallest absolute Gasteiger partial charge is 0.404 e. The molecule has 1 aliphatic rings. The predicted octanol–water partition coefficient (Wildman–Crippen LogP) is -0.270. The first-order valence-corrected chi connectivity index (χ1v) is 5.50. The van der Waals surface area contributed by atoms with Crippen LogP contribution in [0.5, 0.6) is 0 Å². The lowest BCUT2D eigenvalue weighted by Gasteiger charge is -2.33. The van der Waals surface area contributed by atoms with E-state index in [-0.39, 0.29) is 12.5 Å². The summed E-state index contributed by atoms with van der Waals surface area (Å²) in [7, 11) is 0. The summed E-state index contributed by atoms with van der Waals surface area (Å²) in [4.78, 5) is 22.1. The maximum absolute atomic E-state index is 11.8. The van der Waals surface area contributed by atoms with E-state index in [2.05, 4.69) is 15.4 Å². The van der Waals surface area contributed by atoms with Crippen LogP contribution in [-0.4, -0.2) is 37.2 Å². The summed E-state index contributed by atoms with van der Waals surface area (Å²) >= 11 is 0. The van der Waals surface area contributed by atoms with E-state index in [9.17, 15) is 9.59 Å². The number of primary amides is 1. The second-order valence-corrected chi connectivity index (χ2v) is 4.14. The fourth-order valence-corrected chi connectivity index (χ4v) is 1.76. The molecule has 2 amide bonds. The Kier molecular flexibility index (Phi) is 4.54. The van der Waals surface area contributed by atoms with E-state index in [1.165, 1.54) is 0 Å². The molecule has 1 aliphatic heterocycles. The van der Waals surface area contributed by atoms with Crippen LogP contribution in [0, 0.1) is 0 Å². The number of ether oxygens (including phenoxy) is 1. The van der Waals surface area contributed by atoms with Crippen molar-refractivity contribution in [3.8, 4) is 0 Å². The van der Waals surface area contributed by atoms with Crippen molar-refractivity contribution in [2.45, 2.75) is 31.7 Å². The number of hydrogen-bond donors (Lipinski definition) is 3. The summed E-state index contributed by atoms with van der Waals surface area (Å²) in [5.41, 5.74) is 4.30. The highest BCUT2D eigenvalue weighted by Crippen LogP contribution is 2.18. The van der Waals surface area contributed by atoms with Crippen molar-refractivity contribution in [1.82, 2.24) is 10.6 Å². The zero-order chi connectivity index (χ0) is 12.0. The van der Waals surface area contributed by atoms with Crippen molar-refractivity contribution >= 4 is 12.0 Å². The first-order valence-electron chi connectivity index (χ1n) is 5.50. The molecule has 0 aromatic carbocycles. The predicted molar refractivity (Wildman–Crippen MR) is 58.8 cm³/mol. The molecule has 1 heterocycles. The molecule has 1 rings (SSSR count). The van der Waals surface area contributed by atoms with Crippen LogP contribution in [0.15, 0.2) is 0 Å². The van der Waals surface area contributed by atoms with Crippen molar-refractivity contribution in [2.24, 2.45) is 5.73 Å². The van der Waals surface area contributed by atoms with Crippen molar-refractivity contribution < 1.29 is 14.3 Å². The number of nitrogens with one attached hydrogen (secondary N) is 2. The third kappa shape index (κ3) is 3.69. The van der Waals surface area contributed by atoms with Gasteiger partial charge in [0.25, 0.3) is 0 Å². The van der Waals surface area contributed by atoms with Gasteiger partial charge >= 0.3 is 6.09 Å². The number of carbonyl (C=O) groups is 2. The Bertz CT molecular complexity index is 262. The van der Waals surface area contributed by atoms with Crippen LogP contribution in [0.3, 0.4) is 0 Å². The molecule has 92 valence electrons. The summed E-state index contributed by atoms with van der Waals surface area (Å²) in [6.07, 6.45) is 2.16.